The SMILES string of the molecule is NC1(CC(=O)N2CC(CC(=O)O)C2)CCCC1. The van der Waals surface area contributed by atoms with Gasteiger partial charge in [-0.2, -0.15) is 0 Å². The standard InChI is InChI=1S/C12H20N2O3/c13-12(3-1-2-4-12)6-10(15)14-7-9(8-14)5-11(16)17/h9H,1-8,13H2,(H,16,17). The molecule has 0 radical (unpaired) electrons. The third-order valence-electron chi connectivity index (χ3n) is 3.88. The molecular formula is C12H20N2O3. The van der Waals surface area contributed by atoms with E-state index < -0.39 is 5.97 Å². The average molecular weight is 240 g/mol. The molecule has 1 amide bonds. The maximum absolute atomic E-state index is 11.9. The molecule has 96 valence electrons. The number of nitrogens with two attached hydrogens (primary N) is 1. The van der Waals surface area contributed by atoms with E-state index in [4.69, 9.17) is 10.8 Å². The Labute approximate surface area is 101 Å². The molecule has 0 bridgehead atoms. The van der Waals surface area contributed by atoms with Gasteiger partial charge in [0.25, 0.3) is 0 Å². The van der Waals surface area contributed by atoms with E-state index in [1.54, 1.807) is 4.90 Å². The van der Waals surface area contributed by atoms with Crippen molar-refractivity contribution < 1.29 is 14.7 Å². The van der Waals surface area contributed by atoms with Crippen LogP contribution in [0.3, 0.4) is 0 Å². The van der Waals surface area contributed by atoms with Gasteiger partial charge in [0.05, 0.1) is 6.42 Å². The number of hydrogen-bond donors (Lipinski definition) is 2. The van der Waals surface area contributed by atoms with Gasteiger partial charge >= 0.3 is 5.97 Å². The number of hydrogen-bond acceptors (Lipinski definition) is 3. The Morgan fingerprint density at radius 1 is 1.29 bits per heavy atom. The first kappa shape index (κ1) is 12.4. The first-order valence-electron chi connectivity index (χ1n) is 6.27. The number of likely N-dealkylation sites (tertiary alicyclic amines) is 1. The van der Waals surface area contributed by atoms with Crippen molar-refractivity contribution in [3.63, 3.8) is 0 Å². The van der Waals surface area contributed by atoms with Gasteiger partial charge in [0.15, 0.2) is 0 Å². The molecule has 1 aliphatic carbocycles. The highest BCUT2D eigenvalue weighted by Crippen LogP contribution is 2.31. The molecule has 2 aliphatic rings. The second kappa shape index (κ2) is 4.64. The van der Waals surface area contributed by atoms with Crippen molar-refractivity contribution in [2.45, 2.75) is 44.1 Å². The van der Waals surface area contributed by atoms with Crippen LogP contribution < -0.4 is 5.73 Å². The Hall–Kier alpha value is -1.10. The summed E-state index contributed by atoms with van der Waals surface area (Å²) in [7, 11) is 0. The van der Waals surface area contributed by atoms with Crippen molar-refractivity contribution in [1.82, 2.24) is 4.90 Å². The lowest BCUT2D eigenvalue weighted by Crippen LogP contribution is -2.53. The molecule has 5 nitrogen and oxygen atoms in total. The van der Waals surface area contributed by atoms with Gasteiger partial charge in [-0.1, -0.05) is 12.8 Å². The smallest absolute Gasteiger partial charge is 0.303 e. The first-order valence-corrected chi connectivity index (χ1v) is 6.27. The summed E-state index contributed by atoms with van der Waals surface area (Å²) in [6.07, 6.45) is 4.69. The van der Waals surface area contributed by atoms with Crippen molar-refractivity contribution >= 4 is 11.9 Å². The van der Waals surface area contributed by atoms with Gasteiger partial charge in [0, 0.05) is 31.0 Å². The Kier molecular flexibility index (Phi) is 3.38. The summed E-state index contributed by atoms with van der Waals surface area (Å²) in [4.78, 5) is 24.1. The topological polar surface area (TPSA) is 83.6 Å². The zero-order valence-corrected chi connectivity index (χ0v) is 10.0. The van der Waals surface area contributed by atoms with Gasteiger partial charge in [-0.15, -0.1) is 0 Å². The molecule has 0 aromatic carbocycles. The van der Waals surface area contributed by atoms with E-state index in [-0.39, 0.29) is 23.8 Å². The van der Waals surface area contributed by atoms with Gasteiger partial charge in [0.2, 0.25) is 5.91 Å². The van der Waals surface area contributed by atoms with Crippen LogP contribution in [0.15, 0.2) is 0 Å². The molecule has 1 heterocycles. The van der Waals surface area contributed by atoms with Crippen LogP contribution in [0.25, 0.3) is 0 Å². The summed E-state index contributed by atoms with van der Waals surface area (Å²) >= 11 is 0. The van der Waals surface area contributed by atoms with E-state index in [0.29, 0.717) is 19.5 Å². The minimum absolute atomic E-state index is 0.0936. The van der Waals surface area contributed by atoms with Crippen molar-refractivity contribution in [3.05, 3.63) is 0 Å². The summed E-state index contributed by atoms with van der Waals surface area (Å²) in [5.74, 6) is -0.557. The molecule has 0 spiro atoms. The number of carboxylic acids is 1. The van der Waals surface area contributed by atoms with Crippen molar-refractivity contribution in [2.75, 3.05) is 13.1 Å². The number of carbonyl (C=O) groups excluding carboxylic acids is 1. The first-order chi connectivity index (χ1) is 7.98. The Morgan fingerprint density at radius 2 is 1.88 bits per heavy atom. The fourth-order valence-electron chi connectivity index (χ4n) is 2.82. The minimum atomic E-state index is -0.784. The number of carbonyl (C=O) groups is 2. The van der Waals surface area contributed by atoms with Gasteiger partial charge in [-0.3, -0.25) is 9.59 Å². The molecule has 2 fully saturated rings. The van der Waals surface area contributed by atoms with Gasteiger partial charge < -0.3 is 15.7 Å². The average Bonchev–Trinajstić information content (AvgIpc) is 2.57. The van der Waals surface area contributed by atoms with Crippen LogP contribution >= 0.6 is 0 Å². The molecule has 0 aromatic rings. The summed E-state index contributed by atoms with van der Waals surface area (Å²) in [6, 6.07) is 0. The van der Waals surface area contributed by atoms with E-state index in [1.165, 1.54) is 0 Å². The summed E-state index contributed by atoms with van der Waals surface area (Å²) in [6.45, 7) is 1.17. The molecule has 0 aromatic heterocycles. The summed E-state index contributed by atoms with van der Waals surface area (Å²) in [5.41, 5.74) is 5.85. The second-order valence-electron chi connectivity index (χ2n) is 5.51. The molecular weight excluding hydrogens is 220 g/mol. The van der Waals surface area contributed by atoms with Gasteiger partial charge in [-0.25, -0.2) is 0 Å². The number of rotatable bonds is 4. The second-order valence-corrected chi connectivity index (χ2v) is 5.51. The fraction of sp³-hybridized carbons (Fsp3) is 0.833. The van der Waals surface area contributed by atoms with Gasteiger partial charge in [0.1, 0.15) is 0 Å². The maximum atomic E-state index is 11.9. The Balaban J connectivity index is 1.74. The number of nitrogens with zero attached hydrogens (tertiary/aromatic N) is 1. The van der Waals surface area contributed by atoms with Crippen LogP contribution in [-0.4, -0.2) is 40.5 Å². The minimum Gasteiger partial charge on any atom is -0.481 e. The highest BCUT2D eigenvalue weighted by atomic mass is 16.4. The monoisotopic (exact) mass is 240 g/mol. The van der Waals surface area contributed by atoms with Crippen LogP contribution in [0.4, 0.5) is 0 Å². The summed E-state index contributed by atoms with van der Waals surface area (Å²) < 4.78 is 0. The molecule has 0 unspecified atom stereocenters. The lowest BCUT2D eigenvalue weighted by atomic mass is 9.91. The highest BCUT2D eigenvalue weighted by molar-refractivity contribution is 5.78. The molecule has 17 heavy (non-hydrogen) atoms. The molecule has 1 saturated carbocycles. The lowest BCUT2D eigenvalue weighted by molar-refractivity contribution is -0.145. The maximum Gasteiger partial charge on any atom is 0.303 e. The molecule has 1 aliphatic heterocycles. The normalized spacial score (nSPS) is 23.5. The van der Waals surface area contributed by atoms with E-state index in [2.05, 4.69) is 0 Å². The van der Waals surface area contributed by atoms with Crippen molar-refractivity contribution in [1.29, 1.82) is 0 Å². The molecule has 1 saturated heterocycles. The number of carboxylic acid groups (broad SMARTS) is 1. The van der Waals surface area contributed by atoms with E-state index >= 15 is 0 Å². The third kappa shape index (κ3) is 2.97. The number of amides is 1. The van der Waals surface area contributed by atoms with Crippen LogP contribution in [0.2, 0.25) is 0 Å². The van der Waals surface area contributed by atoms with Crippen LogP contribution in [0, 0.1) is 5.92 Å². The Morgan fingerprint density at radius 3 is 2.41 bits per heavy atom. The van der Waals surface area contributed by atoms with Crippen LogP contribution in [0.5, 0.6) is 0 Å². The molecule has 3 N–H and O–H groups in total. The molecule has 2 rings (SSSR count). The molecule has 5 heteroatoms. The Bertz CT molecular complexity index is 318. The van der Waals surface area contributed by atoms with E-state index in [0.717, 1.165) is 25.7 Å². The predicted molar refractivity (Wildman–Crippen MR) is 62.3 cm³/mol. The number of aliphatic carboxylic acids is 1. The quantitative estimate of drug-likeness (QED) is 0.753. The lowest BCUT2D eigenvalue weighted by Gasteiger charge is -2.40. The largest absolute Gasteiger partial charge is 0.481 e. The molecule has 0 atom stereocenters. The van der Waals surface area contributed by atoms with Crippen LogP contribution in [-0.2, 0) is 9.59 Å². The highest BCUT2D eigenvalue weighted by Gasteiger charge is 2.37. The zero-order valence-electron chi connectivity index (χ0n) is 10.0. The third-order valence-corrected chi connectivity index (χ3v) is 3.88. The fourth-order valence-corrected chi connectivity index (χ4v) is 2.82. The van der Waals surface area contributed by atoms with E-state index in [1.807, 2.05) is 0 Å². The summed E-state index contributed by atoms with van der Waals surface area (Å²) in [5, 5.41) is 8.62. The van der Waals surface area contributed by atoms with Crippen molar-refractivity contribution in [2.24, 2.45) is 11.7 Å². The van der Waals surface area contributed by atoms with Crippen molar-refractivity contribution in [3.8, 4) is 0 Å². The predicted octanol–water partition coefficient (Wildman–Crippen LogP) is 0.581. The van der Waals surface area contributed by atoms with E-state index in [9.17, 15) is 9.59 Å². The van der Waals surface area contributed by atoms with Crippen LogP contribution in [0.1, 0.15) is 38.5 Å². The zero-order chi connectivity index (χ0) is 12.5. The van der Waals surface area contributed by atoms with Gasteiger partial charge in [-0.05, 0) is 12.8 Å².